The molecule has 0 aliphatic heterocycles. The fourth-order valence-corrected chi connectivity index (χ4v) is 3.72. The van der Waals surface area contributed by atoms with Crippen LogP contribution in [0, 0.1) is 0 Å². The maximum absolute atomic E-state index is 3.62. The van der Waals surface area contributed by atoms with Gasteiger partial charge in [-0.15, -0.1) is 0 Å². The molecule has 1 heteroatoms. The minimum Gasteiger partial charge on any atom is -0.354 e. The largest absolute Gasteiger partial charge is 0.354 e. The van der Waals surface area contributed by atoms with Crippen LogP contribution in [0.15, 0.2) is 97.1 Å². The summed E-state index contributed by atoms with van der Waals surface area (Å²) >= 11 is 0. The molecule has 0 radical (unpaired) electrons. The number of H-pyrrole nitrogens is 1. The summed E-state index contributed by atoms with van der Waals surface area (Å²) in [6, 6.07) is 33.9. The van der Waals surface area contributed by atoms with Crippen LogP contribution < -0.4 is 0 Å². The van der Waals surface area contributed by atoms with Gasteiger partial charge in [0.05, 0.1) is 0 Å². The van der Waals surface area contributed by atoms with Crippen molar-refractivity contribution in [2.24, 2.45) is 0 Å². The molecule has 0 bridgehead atoms. The molecule has 0 aliphatic rings. The van der Waals surface area contributed by atoms with E-state index < -0.39 is 0 Å². The standard InChI is InChI=1S/C28H21N/c1-3-9-21(10-4-1)15-17-25-26-19-23-13-7-8-14-24(23)20-28(26)29-27(25)18-16-22-11-5-2-6-12-22/h1-20,29H/b17-15+,18-16+. The number of benzene rings is 4. The third kappa shape index (κ3) is 3.63. The zero-order valence-electron chi connectivity index (χ0n) is 16.0. The van der Waals surface area contributed by atoms with Gasteiger partial charge in [0.25, 0.3) is 0 Å². The molecular weight excluding hydrogens is 350 g/mol. The van der Waals surface area contributed by atoms with Crippen LogP contribution in [-0.4, -0.2) is 4.98 Å². The zero-order chi connectivity index (χ0) is 19.5. The summed E-state index contributed by atoms with van der Waals surface area (Å²) in [4.78, 5) is 3.62. The molecule has 138 valence electrons. The number of hydrogen-bond acceptors (Lipinski definition) is 0. The molecule has 0 fully saturated rings. The third-order valence-corrected chi connectivity index (χ3v) is 5.22. The Labute approximate surface area is 170 Å². The highest BCUT2D eigenvalue weighted by molar-refractivity contribution is 6.04. The summed E-state index contributed by atoms with van der Waals surface area (Å²) in [6.45, 7) is 0. The van der Waals surface area contributed by atoms with E-state index in [9.17, 15) is 0 Å². The van der Waals surface area contributed by atoms with Crippen LogP contribution in [0.2, 0.25) is 0 Å². The van der Waals surface area contributed by atoms with Crippen molar-refractivity contribution >= 4 is 46.0 Å². The lowest BCUT2D eigenvalue weighted by molar-refractivity contribution is 1.43. The number of hydrogen-bond donors (Lipinski definition) is 1. The molecule has 0 saturated heterocycles. The normalized spacial score (nSPS) is 11.9. The summed E-state index contributed by atoms with van der Waals surface area (Å²) in [7, 11) is 0. The molecular formula is C28H21N. The predicted molar refractivity (Wildman–Crippen MR) is 127 cm³/mol. The summed E-state index contributed by atoms with van der Waals surface area (Å²) in [5.74, 6) is 0. The highest BCUT2D eigenvalue weighted by Gasteiger charge is 2.09. The van der Waals surface area contributed by atoms with Gasteiger partial charge in [-0.05, 0) is 40.1 Å². The van der Waals surface area contributed by atoms with E-state index >= 15 is 0 Å². The second-order valence-corrected chi connectivity index (χ2v) is 7.19. The van der Waals surface area contributed by atoms with Crippen LogP contribution in [0.25, 0.3) is 46.0 Å². The Kier molecular flexibility index (Phi) is 4.56. The van der Waals surface area contributed by atoms with E-state index in [2.05, 4.69) is 114 Å². The number of aromatic amines is 1. The van der Waals surface area contributed by atoms with Crippen LogP contribution in [0.1, 0.15) is 22.4 Å². The maximum atomic E-state index is 3.62. The van der Waals surface area contributed by atoms with E-state index in [1.807, 2.05) is 12.1 Å². The van der Waals surface area contributed by atoms with Crippen LogP contribution >= 0.6 is 0 Å². The van der Waals surface area contributed by atoms with E-state index in [1.165, 1.54) is 32.8 Å². The molecule has 1 heterocycles. The Morgan fingerprint density at radius 2 is 1.07 bits per heavy atom. The van der Waals surface area contributed by atoms with Crippen molar-refractivity contribution in [3.05, 3.63) is 119 Å². The lowest BCUT2D eigenvalue weighted by Gasteiger charge is -1.99. The fraction of sp³-hybridized carbons (Fsp3) is 0. The van der Waals surface area contributed by atoms with Gasteiger partial charge in [-0.3, -0.25) is 0 Å². The molecule has 0 amide bonds. The topological polar surface area (TPSA) is 15.8 Å². The van der Waals surface area contributed by atoms with E-state index in [-0.39, 0.29) is 0 Å². The molecule has 0 aliphatic carbocycles. The molecule has 5 rings (SSSR count). The summed E-state index contributed by atoms with van der Waals surface area (Å²) in [5.41, 5.74) is 5.87. The highest BCUT2D eigenvalue weighted by Crippen LogP contribution is 2.30. The SMILES string of the molecule is C(=C\c1[nH]c2cc3ccccc3cc2c1/C=C/c1ccccc1)/c1ccccc1. The van der Waals surface area contributed by atoms with Crippen LogP contribution in [0.4, 0.5) is 0 Å². The first-order chi connectivity index (χ1) is 14.4. The Hall–Kier alpha value is -3.84. The van der Waals surface area contributed by atoms with Gasteiger partial charge < -0.3 is 4.98 Å². The Bertz CT molecular complexity index is 1320. The Morgan fingerprint density at radius 3 is 1.72 bits per heavy atom. The molecule has 4 aromatic carbocycles. The quantitative estimate of drug-likeness (QED) is 0.334. The van der Waals surface area contributed by atoms with Gasteiger partial charge in [-0.2, -0.15) is 0 Å². The monoisotopic (exact) mass is 371 g/mol. The molecule has 0 atom stereocenters. The van der Waals surface area contributed by atoms with Crippen LogP contribution in [-0.2, 0) is 0 Å². The summed E-state index contributed by atoms with van der Waals surface area (Å²) < 4.78 is 0. The van der Waals surface area contributed by atoms with E-state index in [0.717, 1.165) is 11.2 Å². The smallest absolute Gasteiger partial charge is 0.0471 e. The van der Waals surface area contributed by atoms with Crippen molar-refractivity contribution in [1.29, 1.82) is 0 Å². The van der Waals surface area contributed by atoms with Gasteiger partial charge in [0, 0.05) is 22.2 Å². The number of fused-ring (bicyclic) bond motifs is 2. The number of aromatic nitrogens is 1. The van der Waals surface area contributed by atoms with Gasteiger partial charge in [-0.25, -0.2) is 0 Å². The van der Waals surface area contributed by atoms with Crippen molar-refractivity contribution in [3.8, 4) is 0 Å². The lowest BCUT2D eigenvalue weighted by atomic mass is 10.0. The van der Waals surface area contributed by atoms with Gasteiger partial charge in [0.1, 0.15) is 0 Å². The molecule has 1 aromatic heterocycles. The van der Waals surface area contributed by atoms with Gasteiger partial charge in [0.15, 0.2) is 0 Å². The molecule has 1 N–H and O–H groups in total. The van der Waals surface area contributed by atoms with Crippen LogP contribution in [0.3, 0.4) is 0 Å². The van der Waals surface area contributed by atoms with Gasteiger partial charge in [0.2, 0.25) is 0 Å². The van der Waals surface area contributed by atoms with Gasteiger partial charge in [-0.1, -0.05) is 103 Å². The predicted octanol–water partition coefficient (Wildman–Crippen LogP) is 7.66. The average Bonchev–Trinajstić information content (AvgIpc) is 3.12. The minimum atomic E-state index is 1.12. The summed E-state index contributed by atoms with van der Waals surface area (Å²) in [6.07, 6.45) is 8.72. The van der Waals surface area contributed by atoms with Crippen molar-refractivity contribution in [3.63, 3.8) is 0 Å². The number of rotatable bonds is 4. The summed E-state index contributed by atoms with van der Waals surface area (Å²) in [5, 5.41) is 3.74. The Balaban J connectivity index is 1.66. The van der Waals surface area contributed by atoms with E-state index in [0.29, 0.717) is 0 Å². The molecule has 1 nitrogen and oxygen atoms in total. The zero-order valence-corrected chi connectivity index (χ0v) is 16.0. The third-order valence-electron chi connectivity index (χ3n) is 5.22. The molecule has 5 aromatic rings. The molecule has 29 heavy (non-hydrogen) atoms. The second kappa shape index (κ2) is 7.65. The van der Waals surface area contributed by atoms with E-state index in [4.69, 9.17) is 0 Å². The molecule has 0 unspecified atom stereocenters. The minimum absolute atomic E-state index is 1.12. The first kappa shape index (κ1) is 17.3. The van der Waals surface area contributed by atoms with Crippen molar-refractivity contribution in [2.45, 2.75) is 0 Å². The highest BCUT2D eigenvalue weighted by atomic mass is 14.7. The van der Waals surface area contributed by atoms with Crippen molar-refractivity contribution in [2.75, 3.05) is 0 Å². The maximum Gasteiger partial charge on any atom is 0.0471 e. The average molecular weight is 371 g/mol. The van der Waals surface area contributed by atoms with Crippen LogP contribution in [0.5, 0.6) is 0 Å². The molecule has 0 saturated carbocycles. The van der Waals surface area contributed by atoms with E-state index in [1.54, 1.807) is 0 Å². The first-order valence-corrected chi connectivity index (χ1v) is 9.87. The molecule has 0 spiro atoms. The first-order valence-electron chi connectivity index (χ1n) is 9.87. The van der Waals surface area contributed by atoms with Crippen molar-refractivity contribution in [1.82, 2.24) is 4.98 Å². The van der Waals surface area contributed by atoms with Crippen molar-refractivity contribution < 1.29 is 0 Å². The second-order valence-electron chi connectivity index (χ2n) is 7.19. The fourth-order valence-electron chi connectivity index (χ4n) is 3.72. The Morgan fingerprint density at radius 1 is 0.517 bits per heavy atom. The van der Waals surface area contributed by atoms with Gasteiger partial charge >= 0.3 is 0 Å². The lowest BCUT2D eigenvalue weighted by Crippen LogP contribution is -1.77. The number of nitrogens with one attached hydrogen (secondary N) is 1.